The predicted octanol–water partition coefficient (Wildman–Crippen LogP) is 1.81. The summed E-state index contributed by atoms with van der Waals surface area (Å²) in [5.41, 5.74) is 3.32. The molecule has 0 amide bonds. The maximum absolute atomic E-state index is 4.60. The molecule has 0 radical (unpaired) electrons. The maximum atomic E-state index is 4.60. The predicted molar refractivity (Wildman–Crippen MR) is 58.9 cm³/mol. The highest BCUT2D eigenvalue weighted by Gasteiger charge is 2.12. The summed E-state index contributed by atoms with van der Waals surface area (Å²) < 4.78 is 1.94. The topological polar surface area (TPSA) is 43.1 Å². The molecule has 0 fully saturated rings. The Balaban J connectivity index is 2.78. The molecule has 0 saturated heterocycles. The third kappa shape index (κ3) is 1.50. The van der Waals surface area contributed by atoms with Crippen LogP contribution in [-0.2, 0) is 19.3 Å². The molecule has 0 spiro atoms. The van der Waals surface area contributed by atoms with Crippen LogP contribution < -0.4 is 0 Å². The zero-order valence-electron chi connectivity index (χ0n) is 9.49. The van der Waals surface area contributed by atoms with E-state index < -0.39 is 0 Å². The fourth-order valence-electron chi connectivity index (χ4n) is 1.86. The van der Waals surface area contributed by atoms with Crippen LogP contribution in [0, 0.1) is 0 Å². The van der Waals surface area contributed by atoms with Crippen molar-refractivity contribution in [2.75, 3.05) is 0 Å². The third-order valence-electron chi connectivity index (χ3n) is 2.63. The Kier molecular flexibility index (Phi) is 2.66. The van der Waals surface area contributed by atoms with Crippen LogP contribution in [0.5, 0.6) is 0 Å². The van der Waals surface area contributed by atoms with Gasteiger partial charge in [-0.1, -0.05) is 20.8 Å². The molecule has 0 aliphatic carbocycles. The molecule has 4 nitrogen and oxygen atoms in total. The lowest BCUT2D eigenvalue weighted by molar-refractivity contribution is 0.796. The Labute approximate surface area is 89.4 Å². The molecule has 2 rings (SSSR count). The summed E-state index contributed by atoms with van der Waals surface area (Å²) >= 11 is 0. The minimum atomic E-state index is 0.904. The Morgan fingerprint density at radius 3 is 2.40 bits per heavy atom. The summed E-state index contributed by atoms with van der Waals surface area (Å²) in [6.07, 6.45) is 4.38. The van der Waals surface area contributed by atoms with E-state index in [0.717, 1.165) is 42.0 Å². The van der Waals surface area contributed by atoms with Crippen molar-refractivity contribution in [3.05, 3.63) is 23.5 Å². The Hall–Kier alpha value is -1.45. The van der Waals surface area contributed by atoms with Crippen molar-refractivity contribution in [2.45, 2.75) is 40.0 Å². The Morgan fingerprint density at radius 1 is 1.07 bits per heavy atom. The first-order valence-electron chi connectivity index (χ1n) is 5.52. The van der Waals surface area contributed by atoms with Gasteiger partial charge in [-0.3, -0.25) is 0 Å². The first-order valence-corrected chi connectivity index (χ1v) is 5.52. The summed E-state index contributed by atoms with van der Waals surface area (Å²) in [5, 5.41) is 4.27. The molecule has 0 aliphatic rings. The van der Waals surface area contributed by atoms with E-state index in [1.807, 2.05) is 4.52 Å². The molecule has 80 valence electrons. The number of hydrogen-bond acceptors (Lipinski definition) is 3. The number of rotatable bonds is 3. The second kappa shape index (κ2) is 3.96. The summed E-state index contributed by atoms with van der Waals surface area (Å²) in [6, 6.07) is 0. The van der Waals surface area contributed by atoms with Crippen LogP contribution in [0.1, 0.15) is 38.0 Å². The highest BCUT2D eigenvalue weighted by atomic mass is 15.3. The third-order valence-corrected chi connectivity index (χ3v) is 2.63. The van der Waals surface area contributed by atoms with E-state index in [2.05, 4.69) is 35.8 Å². The van der Waals surface area contributed by atoms with Crippen LogP contribution in [0.2, 0.25) is 0 Å². The van der Waals surface area contributed by atoms with Crippen molar-refractivity contribution >= 4 is 5.52 Å². The van der Waals surface area contributed by atoms with Gasteiger partial charge in [0, 0.05) is 6.42 Å². The first kappa shape index (κ1) is 10.1. The summed E-state index contributed by atoms with van der Waals surface area (Å²) in [5.74, 6) is 1.03. The zero-order valence-corrected chi connectivity index (χ0v) is 9.49. The minimum absolute atomic E-state index is 0.904. The van der Waals surface area contributed by atoms with Gasteiger partial charge >= 0.3 is 0 Å². The van der Waals surface area contributed by atoms with Gasteiger partial charge in [0.2, 0.25) is 0 Å². The SMILES string of the molecule is CCc1ncnn2c(CC)nc(CC)c12. The van der Waals surface area contributed by atoms with Crippen molar-refractivity contribution in [1.29, 1.82) is 0 Å². The van der Waals surface area contributed by atoms with Gasteiger partial charge < -0.3 is 0 Å². The van der Waals surface area contributed by atoms with Crippen LogP contribution in [0.3, 0.4) is 0 Å². The van der Waals surface area contributed by atoms with Gasteiger partial charge in [0.1, 0.15) is 17.7 Å². The van der Waals surface area contributed by atoms with Gasteiger partial charge in [-0.25, -0.2) is 14.5 Å². The minimum Gasteiger partial charge on any atom is -0.237 e. The van der Waals surface area contributed by atoms with Gasteiger partial charge in [0.25, 0.3) is 0 Å². The van der Waals surface area contributed by atoms with E-state index in [9.17, 15) is 0 Å². The molecule has 2 aromatic rings. The van der Waals surface area contributed by atoms with Gasteiger partial charge in [-0.15, -0.1) is 0 Å². The smallest absolute Gasteiger partial charge is 0.136 e. The van der Waals surface area contributed by atoms with Crippen molar-refractivity contribution in [2.24, 2.45) is 0 Å². The van der Waals surface area contributed by atoms with Crippen LogP contribution in [0.4, 0.5) is 0 Å². The van der Waals surface area contributed by atoms with Crippen LogP contribution in [0.15, 0.2) is 6.33 Å². The van der Waals surface area contributed by atoms with Gasteiger partial charge in [-0.05, 0) is 12.8 Å². The molecular weight excluding hydrogens is 188 g/mol. The molecule has 4 heteroatoms. The molecule has 2 aromatic heterocycles. The van der Waals surface area contributed by atoms with E-state index in [1.54, 1.807) is 6.33 Å². The molecule has 0 unspecified atom stereocenters. The molecular formula is C11H16N4. The Bertz CT molecular complexity index is 473. The van der Waals surface area contributed by atoms with E-state index in [4.69, 9.17) is 0 Å². The second-order valence-corrected chi connectivity index (χ2v) is 3.50. The molecule has 0 N–H and O–H groups in total. The highest BCUT2D eigenvalue weighted by molar-refractivity contribution is 5.56. The normalized spacial score (nSPS) is 11.1. The van der Waals surface area contributed by atoms with E-state index in [0.29, 0.717) is 0 Å². The van der Waals surface area contributed by atoms with E-state index in [1.165, 1.54) is 0 Å². The zero-order chi connectivity index (χ0) is 10.8. The second-order valence-electron chi connectivity index (χ2n) is 3.50. The number of nitrogens with zero attached hydrogens (tertiary/aromatic N) is 4. The molecule has 0 aromatic carbocycles. The average molecular weight is 204 g/mol. The number of aromatic nitrogens is 4. The molecule has 2 heterocycles. The number of imidazole rings is 1. The van der Waals surface area contributed by atoms with Crippen molar-refractivity contribution in [3.8, 4) is 0 Å². The first-order chi connectivity index (χ1) is 7.31. The average Bonchev–Trinajstić information content (AvgIpc) is 2.66. The summed E-state index contributed by atoms with van der Waals surface area (Å²) in [4.78, 5) is 8.91. The number of fused-ring (bicyclic) bond motifs is 1. The molecule has 0 saturated carbocycles. The van der Waals surface area contributed by atoms with Crippen molar-refractivity contribution in [3.63, 3.8) is 0 Å². The summed E-state index contributed by atoms with van der Waals surface area (Å²) in [6.45, 7) is 6.33. The van der Waals surface area contributed by atoms with Crippen molar-refractivity contribution < 1.29 is 0 Å². The monoisotopic (exact) mass is 204 g/mol. The molecule has 0 atom stereocenters. The lowest BCUT2D eigenvalue weighted by Gasteiger charge is -2.01. The lowest BCUT2D eigenvalue weighted by Crippen LogP contribution is -2.01. The number of aryl methyl sites for hydroxylation is 3. The summed E-state index contributed by atoms with van der Waals surface area (Å²) in [7, 11) is 0. The molecule has 15 heavy (non-hydrogen) atoms. The molecule has 0 aliphatic heterocycles. The van der Waals surface area contributed by atoms with Crippen LogP contribution >= 0.6 is 0 Å². The largest absolute Gasteiger partial charge is 0.237 e. The van der Waals surface area contributed by atoms with Gasteiger partial charge in [-0.2, -0.15) is 5.10 Å². The van der Waals surface area contributed by atoms with E-state index in [-0.39, 0.29) is 0 Å². The molecule has 0 bridgehead atoms. The fraction of sp³-hybridized carbons (Fsp3) is 0.545. The van der Waals surface area contributed by atoms with E-state index >= 15 is 0 Å². The Morgan fingerprint density at radius 2 is 1.80 bits per heavy atom. The van der Waals surface area contributed by atoms with Crippen molar-refractivity contribution in [1.82, 2.24) is 19.6 Å². The van der Waals surface area contributed by atoms with Crippen LogP contribution in [0.25, 0.3) is 5.52 Å². The van der Waals surface area contributed by atoms with Gasteiger partial charge in [0.15, 0.2) is 0 Å². The maximum Gasteiger partial charge on any atom is 0.136 e. The lowest BCUT2D eigenvalue weighted by atomic mass is 10.2. The standard InChI is InChI=1S/C11H16N4/c1-4-8-11-9(5-2)14-10(6-3)15(11)13-7-12-8/h7H,4-6H2,1-3H3. The van der Waals surface area contributed by atoms with Gasteiger partial charge in [0.05, 0.1) is 11.4 Å². The van der Waals surface area contributed by atoms with Crippen LogP contribution in [-0.4, -0.2) is 19.6 Å². The fourth-order valence-corrected chi connectivity index (χ4v) is 1.86. The highest BCUT2D eigenvalue weighted by Crippen LogP contribution is 2.16. The number of hydrogen-bond donors (Lipinski definition) is 0. The quantitative estimate of drug-likeness (QED) is 0.765.